The van der Waals surface area contributed by atoms with Gasteiger partial charge in [-0.1, -0.05) is 33.1 Å². The molecule has 0 saturated carbocycles. The minimum absolute atomic E-state index is 0.0323. The summed E-state index contributed by atoms with van der Waals surface area (Å²) in [6.07, 6.45) is 2.56. The number of hydrogen-bond donors (Lipinski definition) is 3. The lowest BCUT2D eigenvalue weighted by Gasteiger charge is -2.17. The van der Waals surface area contributed by atoms with Crippen LogP contribution in [0.25, 0.3) is 27.9 Å². The van der Waals surface area contributed by atoms with Gasteiger partial charge in [0.2, 0.25) is 0 Å². The summed E-state index contributed by atoms with van der Waals surface area (Å²) < 4.78 is 19.7. The molecule has 2 unspecified atom stereocenters. The van der Waals surface area contributed by atoms with Gasteiger partial charge in [0.05, 0.1) is 5.57 Å². The molecule has 5 nitrogen and oxygen atoms in total. The van der Waals surface area contributed by atoms with Crippen LogP contribution in [0.2, 0.25) is 0 Å². The van der Waals surface area contributed by atoms with Crippen molar-refractivity contribution < 1.29 is 23.8 Å². The molecule has 3 N–H and O–H groups in total. The molecule has 0 saturated heterocycles. The van der Waals surface area contributed by atoms with E-state index in [9.17, 15) is 19.4 Å². The monoisotopic (exact) mass is 449 g/mol. The van der Waals surface area contributed by atoms with Crippen LogP contribution in [0.5, 0.6) is 0 Å². The molecule has 2 aromatic carbocycles. The number of allylic oxidation sites excluding steroid dienone is 2. The summed E-state index contributed by atoms with van der Waals surface area (Å²) in [5.41, 5.74) is 3.95. The van der Waals surface area contributed by atoms with E-state index < -0.39 is 12.2 Å². The molecule has 0 radical (unpaired) electrons. The minimum Gasteiger partial charge on any atom is -0.478 e. The number of aliphatic carboxylic acids is 1. The van der Waals surface area contributed by atoms with Crippen molar-refractivity contribution in [2.24, 2.45) is 0 Å². The van der Waals surface area contributed by atoms with Crippen LogP contribution in [0.4, 0.5) is 4.39 Å². The molecule has 3 rings (SSSR count). The zero-order valence-electron chi connectivity index (χ0n) is 19.0. The van der Waals surface area contributed by atoms with Gasteiger partial charge >= 0.3 is 5.97 Å². The molecule has 1 heterocycles. The topological polar surface area (TPSA) is 82.7 Å². The van der Waals surface area contributed by atoms with Crippen molar-refractivity contribution in [1.82, 2.24) is 5.32 Å². The summed E-state index contributed by atoms with van der Waals surface area (Å²) in [7, 11) is 1.62. The molecular formula is C27H28FNO4. The first-order valence-electron chi connectivity index (χ1n) is 10.7. The summed E-state index contributed by atoms with van der Waals surface area (Å²) in [6, 6.07) is 9.64. The summed E-state index contributed by atoms with van der Waals surface area (Å²) in [5.74, 6) is -0.891. The molecule has 0 aliphatic carbocycles. The van der Waals surface area contributed by atoms with Crippen LogP contribution in [0.3, 0.4) is 0 Å². The zero-order valence-corrected chi connectivity index (χ0v) is 19.0. The van der Waals surface area contributed by atoms with E-state index in [4.69, 9.17) is 4.42 Å². The maximum Gasteiger partial charge on any atom is 0.335 e. The molecule has 0 amide bonds. The van der Waals surface area contributed by atoms with Crippen molar-refractivity contribution >= 4 is 22.5 Å². The molecular weight excluding hydrogens is 421 g/mol. The number of rotatable bonds is 9. The highest BCUT2D eigenvalue weighted by atomic mass is 19.1. The predicted octanol–water partition coefficient (Wildman–Crippen LogP) is 6.17. The van der Waals surface area contributed by atoms with Gasteiger partial charge in [-0.2, -0.15) is 0 Å². The number of benzene rings is 2. The first-order valence-corrected chi connectivity index (χ1v) is 10.7. The minimum atomic E-state index is -1.09. The quantitative estimate of drug-likeness (QED) is 0.207. The fraction of sp³-hybridized carbons (Fsp3) is 0.222. The molecule has 6 heteroatoms. The summed E-state index contributed by atoms with van der Waals surface area (Å²) in [4.78, 5) is 11.5. The second-order valence-electron chi connectivity index (χ2n) is 7.92. The normalized spacial score (nSPS) is 13.7. The Hall–Kier alpha value is -3.48. The van der Waals surface area contributed by atoms with E-state index in [2.05, 4.69) is 32.3 Å². The molecule has 0 aliphatic heterocycles. The Morgan fingerprint density at radius 1 is 1.27 bits per heavy atom. The molecule has 0 fully saturated rings. The molecule has 3 aromatic rings. The van der Waals surface area contributed by atoms with Gasteiger partial charge < -0.3 is 14.6 Å². The van der Waals surface area contributed by atoms with Crippen LogP contribution in [-0.4, -0.2) is 23.2 Å². The molecule has 0 aliphatic rings. The van der Waals surface area contributed by atoms with Gasteiger partial charge in [-0.15, -0.1) is 0 Å². The standard InChI is InChI=1S/C27H28FNO4/c1-6-15(3)21-14-23-22(13-20(21)16(4)12-17(7-2)27(31)32)24(26(30)29-5)25(33-23)18-8-10-19(28)11-9-18/h7-15,26,29-30H,2,4,6H2,1,3,5H3,(H,31,32)/b17-12+. The maximum atomic E-state index is 13.5. The number of carbonyl (C=O) groups is 1. The van der Waals surface area contributed by atoms with Gasteiger partial charge in [0.1, 0.15) is 23.4 Å². The number of aliphatic hydroxyl groups is 1. The van der Waals surface area contributed by atoms with Crippen LogP contribution >= 0.6 is 0 Å². The number of furan rings is 1. The summed E-state index contributed by atoms with van der Waals surface area (Å²) >= 11 is 0. The Balaban J connectivity index is 2.33. The van der Waals surface area contributed by atoms with Crippen molar-refractivity contribution in [3.8, 4) is 11.3 Å². The molecule has 1 aromatic heterocycles. The fourth-order valence-corrected chi connectivity index (χ4v) is 3.79. The molecule has 0 bridgehead atoms. The van der Waals surface area contributed by atoms with E-state index in [1.165, 1.54) is 24.3 Å². The van der Waals surface area contributed by atoms with Gasteiger partial charge in [0.15, 0.2) is 0 Å². The number of aliphatic hydroxyl groups excluding tert-OH is 1. The summed E-state index contributed by atoms with van der Waals surface area (Å²) in [6.45, 7) is 11.8. The first kappa shape index (κ1) is 24.2. The largest absolute Gasteiger partial charge is 0.478 e. The highest BCUT2D eigenvalue weighted by Crippen LogP contribution is 2.41. The number of halogens is 1. The van der Waals surface area contributed by atoms with Crippen LogP contribution in [0.1, 0.15) is 49.1 Å². The van der Waals surface area contributed by atoms with Crippen molar-refractivity contribution in [1.29, 1.82) is 0 Å². The fourth-order valence-electron chi connectivity index (χ4n) is 3.79. The van der Waals surface area contributed by atoms with Gasteiger partial charge in [-0.25, -0.2) is 9.18 Å². The van der Waals surface area contributed by atoms with E-state index in [1.807, 2.05) is 12.1 Å². The predicted molar refractivity (Wildman–Crippen MR) is 129 cm³/mol. The highest BCUT2D eigenvalue weighted by Gasteiger charge is 2.24. The van der Waals surface area contributed by atoms with Gasteiger partial charge in [0.25, 0.3) is 0 Å². The third-order valence-electron chi connectivity index (χ3n) is 5.84. The lowest BCUT2D eigenvalue weighted by molar-refractivity contribution is -0.132. The average Bonchev–Trinajstić information content (AvgIpc) is 3.19. The third-order valence-corrected chi connectivity index (χ3v) is 5.84. The van der Waals surface area contributed by atoms with Crippen LogP contribution in [0, 0.1) is 5.82 Å². The Kier molecular flexibility index (Phi) is 7.31. The van der Waals surface area contributed by atoms with E-state index in [0.29, 0.717) is 33.4 Å². The van der Waals surface area contributed by atoms with Gasteiger partial charge in [-0.05, 0) is 78.6 Å². The number of fused-ring (bicyclic) bond motifs is 1. The van der Waals surface area contributed by atoms with E-state index in [0.717, 1.165) is 17.5 Å². The Morgan fingerprint density at radius 3 is 2.48 bits per heavy atom. The molecule has 0 spiro atoms. The van der Waals surface area contributed by atoms with Gasteiger partial charge in [0, 0.05) is 16.5 Å². The third kappa shape index (κ3) is 4.82. The van der Waals surface area contributed by atoms with E-state index >= 15 is 0 Å². The van der Waals surface area contributed by atoms with E-state index in [-0.39, 0.29) is 17.3 Å². The van der Waals surface area contributed by atoms with Crippen molar-refractivity contribution in [2.45, 2.75) is 32.4 Å². The lowest BCUT2D eigenvalue weighted by atomic mass is 9.88. The highest BCUT2D eigenvalue weighted by molar-refractivity contribution is 5.96. The Morgan fingerprint density at radius 2 is 1.94 bits per heavy atom. The maximum absolute atomic E-state index is 13.5. The van der Waals surface area contributed by atoms with Crippen molar-refractivity contribution in [3.05, 3.63) is 89.8 Å². The van der Waals surface area contributed by atoms with Crippen LogP contribution in [0.15, 0.2) is 71.7 Å². The number of carboxylic acids is 1. The second kappa shape index (κ2) is 9.98. The van der Waals surface area contributed by atoms with Crippen LogP contribution < -0.4 is 5.32 Å². The molecule has 2 atom stereocenters. The Labute approximate surface area is 192 Å². The number of hydrogen-bond acceptors (Lipinski definition) is 4. The van der Waals surface area contributed by atoms with Gasteiger partial charge in [-0.3, -0.25) is 5.32 Å². The van der Waals surface area contributed by atoms with Crippen molar-refractivity contribution in [3.63, 3.8) is 0 Å². The first-order chi connectivity index (χ1) is 15.7. The average molecular weight is 450 g/mol. The SMILES string of the molecule is C=C/C(=C\C(=C)c1cc2c(C(O)NC)c(-c3ccc(F)cc3)oc2cc1C(C)CC)C(=O)O. The zero-order chi connectivity index (χ0) is 24.3. The second-order valence-corrected chi connectivity index (χ2v) is 7.92. The van der Waals surface area contributed by atoms with E-state index in [1.54, 1.807) is 19.2 Å². The molecule has 172 valence electrons. The smallest absolute Gasteiger partial charge is 0.335 e. The van der Waals surface area contributed by atoms with Crippen molar-refractivity contribution in [2.75, 3.05) is 7.05 Å². The number of carboxylic acid groups (broad SMARTS) is 1. The number of nitrogens with one attached hydrogen (secondary N) is 1. The van der Waals surface area contributed by atoms with Crippen LogP contribution in [-0.2, 0) is 4.79 Å². The summed E-state index contributed by atoms with van der Waals surface area (Å²) in [5, 5.41) is 23.6. The molecule has 33 heavy (non-hydrogen) atoms. The lowest BCUT2D eigenvalue weighted by Crippen LogP contribution is -2.15. The Bertz CT molecular complexity index is 1240.